The van der Waals surface area contributed by atoms with Gasteiger partial charge in [-0.05, 0) is 58.8 Å². The summed E-state index contributed by atoms with van der Waals surface area (Å²) in [6.07, 6.45) is 2.56. The maximum Gasteiger partial charge on any atom is 0.293 e. The lowest BCUT2D eigenvalue weighted by Crippen LogP contribution is -2.34. The van der Waals surface area contributed by atoms with Crippen molar-refractivity contribution in [2.45, 2.75) is 45.3 Å². The van der Waals surface area contributed by atoms with Gasteiger partial charge in [0, 0.05) is 11.6 Å². The average molecular weight is 325 g/mol. The van der Waals surface area contributed by atoms with E-state index < -0.39 is 5.82 Å². The van der Waals surface area contributed by atoms with Crippen molar-refractivity contribution >= 4 is 12.8 Å². The standard InChI is InChI=1S/C12H14FNO2.C5H10O2/c13-10-5-9(8-15)6-12(7-10)16-11-1-3-14-4-2-11;1-5(2,3)7-4-6/h5-8,11,14H,1-4H2;4H,1-3H3. The third-order valence-electron chi connectivity index (χ3n) is 3.02. The second-order valence-electron chi connectivity index (χ2n) is 6.23. The van der Waals surface area contributed by atoms with Gasteiger partial charge in [-0.2, -0.15) is 0 Å². The Hall–Kier alpha value is -1.95. The van der Waals surface area contributed by atoms with Crippen LogP contribution in [0.25, 0.3) is 0 Å². The van der Waals surface area contributed by atoms with Crippen LogP contribution in [0.3, 0.4) is 0 Å². The summed E-state index contributed by atoms with van der Waals surface area (Å²) in [6, 6.07) is 4.08. The van der Waals surface area contributed by atoms with Crippen LogP contribution < -0.4 is 10.1 Å². The molecule has 1 aromatic rings. The number of carbonyl (C=O) groups is 2. The van der Waals surface area contributed by atoms with E-state index in [1.54, 1.807) is 6.07 Å². The Balaban J connectivity index is 0.000000322. The number of aldehydes is 1. The summed E-state index contributed by atoms with van der Waals surface area (Å²) < 4.78 is 23.3. The summed E-state index contributed by atoms with van der Waals surface area (Å²) in [7, 11) is 0. The minimum Gasteiger partial charge on any atom is -0.490 e. The molecule has 1 heterocycles. The molecular formula is C17H24FNO4. The lowest BCUT2D eigenvalue weighted by atomic mass is 10.1. The van der Waals surface area contributed by atoms with Crippen molar-refractivity contribution in [3.05, 3.63) is 29.6 Å². The molecule has 0 aromatic heterocycles. The molecule has 0 unspecified atom stereocenters. The van der Waals surface area contributed by atoms with Crippen LogP contribution in [0.4, 0.5) is 4.39 Å². The zero-order valence-electron chi connectivity index (χ0n) is 13.8. The van der Waals surface area contributed by atoms with E-state index in [0.717, 1.165) is 25.9 Å². The average Bonchev–Trinajstić information content (AvgIpc) is 2.47. The Morgan fingerprint density at radius 1 is 1.17 bits per heavy atom. The molecule has 0 aliphatic carbocycles. The quantitative estimate of drug-likeness (QED) is 0.862. The summed E-state index contributed by atoms with van der Waals surface area (Å²) in [4.78, 5) is 20.2. The third kappa shape index (κ3) is 8.30. The number of halogens is 1. The molecule has 0 saturated carbocycles. The fraction of sp³-hybridized carbons (Fsp3) is 0.529. The normalized spacial score (nSPS) is 15.1. The van der Waals surface area contributed by atoms with Crippen molar-refractivity contribution in [3.63, 3.8) is 0 Å². The van der Waals surface area contributed by atoms with Gasteiger partial charge in [0.2, 0.25) is 0 Å². The number of carbonyl (C=O) groups excluding carboxylic acids is 2. The van der Waals surface area contributed by atoms with Gasteiger partial charge >= 0.3 is 0 Å². The summed E-state index contributed by atoms with van der Waals surface area (Å²) in [6.45, 7) is 7.76. The van der Waals surface area contributed by atoms with E-state index in [-0.39, 0.29) is 11.7 Å². The van der Waals surface area contributed by atoms with Gasteiger partial charge in [0.05, 0.1) is 0 Å². The molecule has 5 nitrogen and oxygen atoms in total. The molecule has 1 aliphatic rings. The fourth-order valence-electron chi connectivity index (χ4n) is 1.97. The maximum absolute atomic E-state index is 13.1. The highest BCUT2D eigenvalue weighted by molar-refractivity contribution is 5.75. The van der Waals surface area contributed by atoms with Gasteiger partial charge in [0.1, 0.15) is 29.6 Å². The highest BCUT2D eigenvalue weighted by atomic mass is 19.1. The minimum atomic E-state index is -0.437. The molecule has 1 fully saturated rings. The first kappa shape index (κ1) is 19.1. The molecule has 0 radical (unpaired) electrons. The highest BCUT2D eigenvalue weighted by Crippen LogP contribution is 2.19. The predicted molar refractivity (Wildman–Crippen MR) is 85.2 cm³/mol. The van der Waals surface area contributed by atoms with E-state index in [4.69, 9.17) is 4.74 Å². The Morgan fingerprint density at radius 3 is 2.30 bits per heavy atom. The molecule has 2 rings (SSSR count). The van der Waals surface area contributed by atoms with Gasteiger partial charge in [0.25, 0.3) is 6.47 Å². The van der Waals surface area contributed by atoms with E-state index >= 15 is 0 Å². The van der Waals surface area contributed by atoms with E-state index in [9.17, 15) is 14.0 Å². The van der Waals surface area contributed by atoms with Crippen LogP contribution >= 0.6 is 0 Å². The highest BCUT2D eigenvalue weighted by Gasteiger charge is 2.15. The molecule has 0 spiro atoms. The number of hydrogen-bond acceptors (Lipinski definition) is 5. The monoisotopic (exact) mass is 325 g/mol. The Morgan fingerprint density at radius 2 is 1.83 bits per heavy atom. The van der Waals surface area contributed by atoms with Crippen molar-refractivity contribution in [2.24, 2.45) is 0 Å². The van der Waals surface area contributed by atoms with Crippen molar-refractivity contribution in [2.75, 3.05) is 13.1 Å². The molecule has 1 saturated heterocycles. The fourth-order valence-corrected chi connectivity index (χ4v) is 1.97. The number of piperidine rings is 1. The van der Waals surface area contributed by atoms with Crippen LogP contribution in [0, 0.1) is 5.82 Å². The number of rotatable bonds is 4. The molecule has 0 amide bonds. The molecular weight excluding hydrogens is 301 g/mol. The molecule has 0 bridgehead atoms. The van der Waals surface area contributed by atoms with Gasteiger partial charge in [0.15, 0.2) is 0 Å². The number of ether oxygens (including phenoxy) is 2. The van der Waals surface area contributed by atoms with E-state index in [0.29, 0.717) is 24.1 Å². The summed E-state index contributed by atoms with van der Waals surface area (Å²) in [5.41, 5.74) is -0.00851. The van der Waals surface area contributed by atoms with Crippen molar-refractivity contribution in [3.8, 4) is 5.75 Å². The first-order valence-corrected chi connectivity index (χ1v) is 7.58. The summed E-state index contributed by atoms with van der Waals surface area (Å²) in [5, 5.41) is 3.22. The molecule has 1 aliphatic heterocycles. The van der Waals surface area contributed by atoms with Crippen LogP contribution in [-0.4, -0.2) is 37.6 Å². The topological polar surface area (TPSA) is 64.6 Å². The van der Waals surface area contributed by atoms with Crippen molar-refractivity contribution in [1.29, 1.82) is 0 Å². The Bertz CT molecular complexity index is 508. The lowest BCUT2D eigenvalue weighted by molar-refractivity contribution is -0.138. The smallest absolute Gasteiger partial charge is 0.293 e. The van der Waals surface area contributed by atoms with Crippen LogP contribution in [-0.2, 0) is 9.53 Å². The van der Waals surface area contributed by atoms with E-state index in [1.807, 2.05) is 20.8 Å². The minimum absolute atomic E-state index is 0.113. The lowest BCUT2D eigenvalue weighted by Gasteiger charge is -2.23. The SMILES string of the molecule is CC(C)(C)OC=O.O=Cc1cc(F)cc(OC2CCNCC2)c1. The van der Waals surface area contributed by atoms with E-state index in [2.05, 4.69) is 10.1 Å². The first-order chi connectivity index (χ1) is 10.8. The molecule has 1 N–H and O–H groups in total. The van der Waals surface area contributed by atoms with Gasteiger partial charge < -0.3 is 14.8 Å². The molecule has 128 valence electrons. The first-order valence-electron chi connectivity index (χ1n) is 7.58. The van der Waals surface area contributed by atoms with Crippen LogP contribution in [0.5, 0.6) is 5.75 Å². The van der Waals surface area contributed by atoms with Gasteiger partial charge in [-0.25, -0.2) is 4.39 Å². The number of nitrogens with one attached hydrogen (secondary N) is 1. The predicted octanol–water partition coefficient (Wildman–Crippen LogP) is 2.73. The molecule has 6 heteroatoms. The third-order valence-corrected chi connectivity index (χ3v) is 3.02. The van der Waals surface area contributed by atoms with Crippen LogP contribution in [0.15, 0.2) is 18.2 Å². The molecule has 23 heavy (non-hydrogen) atoms. The van der Waals surface area contributed by atoms with Crippen LogP contribution in [0.1, 0.15) is 44.0 Å². The van der Waals surface area contributed by atoms with Crippen molar-refractivity contribution in [1.82, 2.24) is 5.32 Å². The van der Waals surface area contributed by atoms with Crippen molar-refractivity contribution < 1.29 is 23.5 Å². The molecule has 0 atom stereocenters. The summed E-state index contributed by atoms with van der Waals surface area (Å²) in [5.74, 6) is 0.00235. The Labute approximate surface area is 136 Å². The second kappa shape index (κ2) is 9.25. The zero-order chi connectivity index (χ0) is 17.3. The second-order valence-corrected chi connectivity index (χ2v) is 6.23. The maximum atomic E-state index is 13.1. The number of benzene rings is 1. The Kier molecular flexibility index (Phi) is 7.68. The molecule has 1 aromatic carbocycles. The van der Waals surface area contributed by atoms with Crippen LogP contribution in [0.2, 0.25) is 0 Å². The van der Waals surface area contributed by atoms with Gasteiger partial charge in [-0.1, -0.05) is 0 Å². The number of hydrogen-bond donors (Lipinski definition) is 1. The summed E-state index contributed by atoms with van der Waals surface area (Å²) >= 11 is 0. The van der Waals surface area contributed by atoms with Gasteiger partial charge in [-0.15, -0.1) is 0 Å². The zero-order valence-corrected chi connectivity index (χ0v) is 13.8. The van der Waals surface area contributed by atoms with E-state index in [1.165, 1.54) is 12.1 Å². The largest absolute Gasteiger partial charge is 0.490 e. The van der Waals surface area contributed by atoms with Gasteiger partial charge in [-0.3, -0.25) is 9.59 Å².